The van der Waals surface area contributed by atoms with Crippen molar-refractivity contribution in [1.82, 2.24) is 10.2 Å². The van der Waals surface area contributed by atoms with Gasteiger partial charge in [-0.2, -0.15) is 5.10 Å². The number of ketones is 1. The van der Waals surface area contributed by atoms with Crippen LogP contribution in [0.15, 0.2) is 24.3 Å². The van der Waals surface area contributed by atoms with Crippen LogP contribution >= 0.6 is 0 Å². The zero-order valence-corrected chi connectivity index (χ0v) is 12.2. The molecule has 1 aromatic carbocycles. The van der Waals surface area contributed by atoms with Crippen LogP contribution in [0.5, 0.6) is 0 Å². The highest BCUT2D eigenvalue weighted by Crippen LogP contribution is 2.23. The summed E-state index contributed by atoms with van der Waals surface area (Å²) < 4.78 is 0. The number of H-pyrrole nitrogens is 1. The third kappa shape index (κ3) is 3.10. The van der Waals surface area contributed by atoms with E-state index < -0.39 is 5.91 Å². The van der Waals surface area contributed by atoms with Crippen molar-refractivity contribution < 1.29 is 9.59 Å². The molecule has 0 aliphatic carbocycles. The Morgan fingerprint density at radius 1 is 1.33 bits per heavy atom. The number of anilines is 2. The number of benzene rings is 1. The van der Waals surface area contributed by atoms with E-state index in [0.29, 0.717) is 16.9 Å². The molecule has 2 rings (SSSR count). The molecule has 0 aliphatic rings. The second kappa shape index (κ2) is 5.78. The first-order chi connectivity index (χ1) is 9.90. The SMILES string of the molecule is CC(=O)c1cccc(NC(=O)c2n[nH]c(C(C)C)c2N)c1. The molecule has 0 unspecified atom stereocenters. The summed E-state index contributed by atoms with van der Waals surface area (Å²) in [6, 6.07) is 6.72. The Labute approximate surface area is 122 Å². The maximum Gasteiger partial charge on any atom is 0.278 e. The Morgan fingerprint density at radius 3 is 2.62 bits per heavy atom. The summed E-state index contributed by atoms with van der Waals surface area (Å²) >= 11 is 0. The Hall–Kier alpha value is -2.63. The summed E-state index contributed by atoms with van der Waals surface area (Å²) in [5, 5.41) is 9.43. The van der Waals surface area contributed by atoms with E-state index in [0.717, 1.165) is 5.69 Å². The lowest BCUT2D eigenvalue weighted by molar-refractivity contribution is 0.100. The number of aromatic amines is 1. The highest BCUT2D eigenvalue weighted by Gasteiger charge is 2.19. The Kier molecular flexibility index (Phi) is 4.07. The van der Waals surface area contributed by atoms with Gasteiger partial charge >= 0.3 is 0 Å². The van der Waals surface area contributed by atoms with E-state index in [1.54, 1.807) is 24.3 Å². The molecule has 0 fully saturated rings. The van der Waals surface area contributed by atoms with Gasteiger partial charge in [-0.05, 0) is 25.0 Å². The van der Waals surface area contributed by atoms with Gasteiger partial charge in [-0.3, -0.25) is 14.7 Å². The number of amides is 1. The largest absolute Gasteiger partial charge is 0.395 e. The van der Waals surface area contributed by atoms with Gasteiger partial charge in [-0.15, -0.1) is 0 Å². The van der Waals surface area contributed by atoms with Gasteiger partial charge in [0, 0.05) is 11.3 Å². The van der Waals surface area contributed by atoms with Crippen LogP contribution in [0.2, 0.25) is 0 Å². The first kappa shape index (κ1) is 14.8. The smallest absolute Gasteiger partial charge is 0.278 e. The molecule has 1 heterocycles. The fraction of sp³-hybridized carbons (Fsp3) is 0.267. The number of carbonyl (C=O) groups is 2. The van der Waals surface area contributed by atoms with Crippen LogP contribution in [-0.2, 0) is 0 Å². The molecule has 6 heteroatoms. The number of Topliss-reactive ketones (excluding diaryl/α,β-unsaturated/α-hetero) is 1. The first-order valence-corrected chi connectivity index (χ1v) is 6.66. The van der Waals surface area contributed by atoms with Gasteiger partial charge in [0.15, 0.2) is 11.5 Å². The molecule has 1 amide bonds. The predicted molar refractivity (Wildman–Crippen MR) is 81.5 cm³/mol. The standard InChI is InChI=1S/C15H18N4O2/c1-8(2)13-12(16)14(19-18-13)15(21)17-11-6-4-5-10(7-11)9(3)20/h4-8H,16H2,1-3H3,(H,17,21)(H,18,19). The molecule has 0 saturated heterocycles. The minimum atomic E-state index is -0.406. The summed E-state index contributed by atoms with van der Waals surface area (Å²) in [4.78, 5) is 23.5. The van der Waals surface area contributed by atoms with Crippen molar-refractivity contribution in [2.45, 2.75) is 26.7 Å². The lowest BCUT2D eigenvalue weighted by atomic mass is 10.1. The minimum Gasteiger partial charge on any atom is -0.395 e. The molecule has 0 aliphatic heterocycles. The van der Waals surface area contributed by atoms with Crippen molar-refractivity contribution in [2.24, 2.45) is 0 Å². The molecule has 21 heavy (non-hydrogen) atoms. The number of nitrogens with zero attached hydrogens (tertiary/aromatic N) is 1. The van der Waals surface area contributed by atoms with Crippen molar-refractivity contribution in [1.29, 1.82) is 0 Å². The molecule has 0 atom stereocenters. The lowest BCUT2D eigenvalue weighted by Gasteiger charge is -2.06. The number of rotatable bonds is 4. The van der Waals surface area contributed by atoms with Crippen molar-refractivity contribution in [2.75, 3.05) is 11.1 Å². The van der Waals surface area contributed by atoms with Crippen LogP contribution in [0.3, 0.4) is 0 Å². The zero-order chi connectivity index (χ0) is 15.6. The molecule has 0 saturated carbocycles. The van der Waals surface area contributed by atoms with Crippen LogP contribution in [0, 0.1) is 0 Å². The summed E-state index contributed by atoms with van der Waals surface area (Å²) in [7, 11) is 0. The summed E-state index contributed by atoms with van der Waals surface area (Å²) in [5.41, 5.74) is 8.24. The molecule has 110 valence electrons. The van der Waals surface area contributed by atoms with E-state index in [9.17, 15) is 9.59 Å². The van der Waals surface area contributed by atoms with Crippen LogP contribution < -0.4 is 11.1 Å². The van der Waals surface area contributed by atoms with Gasteiger partial charge in [-0.25, -0.2) is 0 Å². The molecule has 6 nitrogen and oxygen atoms in total. The molecule has 0 bridgehead atoms. The summed E-state index contributed by atoms with van der Waals surface area (Å²) in [5.74, 6) is -0.316. The highest BCUT2D eigenvalue weighted by molar-refractivity contribution is 6.07. The Balaban J connectivity index is 2.22. The molecule has 2 aromatic rings. The van der Waals surface area contributed by atoms with E-state index in [-0.39, 0.29) is 17.4 Å². The average molecular weight is 286 g/mol. The Bertz CT molecular complexity index is 689. The topological polar surface area (TPSA) is 101 Å². The number of hydrogen-bond donors (Lipinski definition) is 3. The summed E-state index contributed by atoms with van der Waals surface area (Å²) in [6.45, 7) is 5.39. The van der Waals surface area contributed by atoms with E-state index in [1.807, 2.05) is 13.8 Å². The second-order valence-electron chi connectivity index (χ2n) is 5.15. The van der Waals surface area contributed by atoms with Crippen LogP contribution in [-0.4, -0.2) is 21.9 Å². The van der Waals surface area contributed by atoms with Crippen molar-refractivity contribution in [3.8, 4) is 0 Å². The molecule has 1 aromatic heterocycles. The molecule has 0 radical (unpaired) electrons. The fourth-order valence-corrected chi connectivity index (χ4v) is 1.98. The van der Waals surface area contributed by atoms with E-state index >= 15 is 0 Å². The van der Waals surface area contributed by atoms with Crippen molar-refractivity contribution >= 4 is 23.1 Å². The minimum absolute atomic E-state index is 0.0625. The molecular weight excluding hydrogens is 268 g/mol. The number of nitrogen functional groups attached to an aromatic ring is 1. The van der Waals surface area contributed by atoms with Crippen molar-refractivity contribution in [3.05, 3.63) is 41.2 Å². The van der Waals surface area contributed by atoms with Gasteiger partial charge in [0.25, 0.3) is 5.91 Å². The third-order valence-corrected chi connectivity index (χ3v) is 3.15. The molecule has 4 N–H and O–H groups in total. The van der Waals surface area contributed by atoms with Crippen LogP contribution in [0.4, 0.5) is 11.4 Å². The monoisotopic (exact) mass is 286 g/mol. The average Bonchev–Trinajstić information content (AvgIpc) is 2.81. The number of hydrogen-bond acceptors (Lipinski definition) is 4. The van der Waals surface area contributed by atoms with E-state index in [1.165, 1.54) is 6.92 Å². The number of nitrogens with two attached hydrogens (primary N) is 1. The molecule has 0 spiro atoms. The quantitative estimate of drug-likeness (QED) is 0.752. The maximum atomic E-state index is 12.2. The maximum absolute atomic E-state index is 12.2. The lowest BCUT2D eigenvalue weighted by Crippen LogP contribution is -2.14. The number of carbonyl (C=O) groups excluding carboxylic acids is 2. The van der Waals surface area contributed by atoms with Gasteiger partial charge in [0.1, 0.15) is 0 Å². The van der Waals surface area contributed by atoms with Gasteiger partial charge < -0.3 is 11.1 Å². The number of nitrogens with one attached hydrogen (secondary N) is 2. The van der Waals surface area contributed by atoms with Gasteiger partial charge in [-0.1, -0.05) is 26.0 Å². The third-order valence-electron chi connectivity index (χ3n) is 3.15. The van der Waals surface area contributed by atoms with Gasteiger partial charge in [0.2, 0.25) is 0 Å². The normalized spacial score (nSPS) is 10.7. The second-order valence-corrected chi connectivity index (χ2v) is 5.15. The Morgan fingerprint density at radius 2 is 2.05 bits per heavy atom. The fourth-order valence-electron chi connectivity index (χ4n) is 1.98. The highest BCUT2D eigenvalue weighted by atomic mass is 16.2. The van der Waals surface area contributed by atoms with Gasteiger partial charge in [0.05, 0.1) is 11.4 Å². The number of aromatic nitrogens is 2. The van der Waals surface area contributed by atoms with Crippen LogP contribution in [0.1, 0.15) is 53.2 Å². The van der Waals surface area contributed by atoms with E-state index in [4.69, 9.17) is 5.73 Å². The zero-order valence-electron chi connectivity index (χ0n) is 12.2. The van der Waals surface area contributed by atoms with E-state index in [2.05, 4.69) is 15.5 Å². The van der Waals surface area contributed by atoms with Crippen molar-refractivity contribution in [3.63, 3.8) is 0 Å². The first-order valence-electron chi connectivity index (χ1n) is 6.66. The summed E-state index contributed by atoms with van der Waals surface area (Å²) in [6.07, 6.45) is 0. The molecular formula is C15H18N4O2. The van der Waals surface area contributed by atoms with Crippen LogP contribution in [0.25, 0.3) is 0 Å². The predicted octanol–water partition coefficient (Wildman–Crippen LogP) is 2.57.